The van der Waals surface area contributed by atoms with Crippen molar-refractivity contribution in [2.24, 2.45) is 5.73 Å². The molecule has 2 rings (SSSR count). The van der Waals surface area contributed by atoms with Crippen LogP contribution >= 0.6 is 0 Å². The van der Waals surface area contributed by atoms with E-state index in [1.54, 1.807) is 0 Å². The van der Waals surface area contributed by atoms with Gasteiger partial charge in [0.15, 0.2) is 11.5 Å². The molecule has 0 aromatic heterocycles. The second-order valence-corrected chi connectivity index (χ2v) is 3.16. The van der Waals surface area contributed by atoms with Crippen molar-refractivity contribution in [3.8, 4) is 11.5 Å². The molecule has 70 valence electrons. The minimum atomic E-state index is -0.0170. The molecule has 1 heterocycles. The smallest absolute Gasteiger partial charge is 0.166 e. The molecule has 3 nitrogen and oxygen atoms in total. The van der Waals surface area contributed by atoms with Crippen LogP contribution in [0.1, 0.15) is 18.5 Å². The van der Waals surface area contributed by atoms with E-state index >= 15 is 0 Å². The number of para-hydroxylation sites is 1. The van der Waals surface area contributed by atoms with E-state index in [2.05, 4.69) is 0 Å². The molecule has 2 N–H and O–H groups in total. The molecule has 1 aromatic rings. The molecule has 0 aliphatic carbocycles. The largest absolute Gasteiger partial charge is 0.486 e. The normalized spacial score (nSPS) is 16.8. The third-order valence-corrected chi connectivity index (χ3v) is 2.09. The summed E-state index contributed by atoms with van der Waals surface area (Å²) in [5, 5.41) is 0. The van der Waals surface area contributed by atoms with Crippen molar-refractivity contribution >= 4 is 0 Å². The van der Waals surface area contributed by atoms with Crippen molar-refractivity contribution in [3.05, 3.63) is 23.8 Å². The van der Waals surface area contributed by atoms with Crippen LogP contribution in [0.25, 0.3) is 0 Å². The summed E-state index contributed by atoms with van der Waals surface area (Å²) in [6.07, 6.45) is 0. The minimum Gasteiger partial charge on any atom is -0.486 e. The zero-order valence-corrected chi connectivity index (χ0v) is 7.62. The maximum Gasteiger partial charge on any atom is 0.166 e. The molecule has 0 fully saturated rings. The van der Waals surface area contributed by atoms with Crippen LogP contribution in [-0.2, 0) is 0 Å². The first-order valence-corrected chi connectivity index (χ1v) is 4.43. The number of fused-ring (bicyclic) bond motifs is 1. The summed E-state index contributed by atoms with van der Waals surface area (Å²) in [5.74, 6) is 1.62. The van der Waals surface area contributed by atoms with Gasteiger partial charge in [-0.25, -0.2) is 0 Å². The van der Waals surface area contributed by atoms with E-state index in [9.17, 15) is 0 Å². The highest BCUT2D eigenvalue weighted by Gasteiger charge is 2.16. The molecular weight excluding hydrogens is 166 g/mol. The molecule has 3 heteroatoms. The predicted octanol–water partition coefficient (Wildman–Crippen LogP) is 1.48. The molecule has 0 amide bonds. The van der Waals surface area contributed by atoms with Gasteiger partial charge >= 0.3 is 0 Å². The summed E-state index contributed by atoms with van der Waals surface area (Å²) >= 11 is 0. The molecule has 0 unspecified atom stereocenters. The summed E-state index contributed by atoms with van der Waals surface area (Å²) < 4.78 is 10.9. The van der Waals surface area contributed by atoms with Crippen LogP contribution in [-0.4, -0.2) is 13.2 Å². The summed E-state index contributed by atoms with van der Waals surface area (Å²) in [7, 11) is 0. The number of hydrogen-bond acceptors (Lipinski definition) is 3. The lowest BCUT2D eigenvalue weighted by atomic mass is 10.1. The van der Waals surface area contributed by atoms with Crippen LogP contribution in [0.15, 0.2) is 18.2 Å². The molecule has 0 saturated carbocycles. The molecule has 1 aliphatic heterocycles. The second kappa shape index (κ2) is 3.26. The highest BCUT2D eigenvalue weighted by atomic mass is 16.6. The quantitative estimate of drug-likeness (QED) is 0.710. The molecule has 1 aromatic carbocycles. The Morgan fingerprint density at radius 2 is 2.08 bits per heavy atom. The molecule has 0 bridgehead atoms. The van der Waals surface area contributed by atoms with Gasteiger partial charge in [0.1, 0.15) is 13.2 Å². The van der Waals surface area contributed by atoms with Gasteiger partial charge in [0.05, 0.1) is 0 Å². The number of hydrogen-bond donors (Lipinski definition) is 1. The minimum absolute atomic E-state index is 0.0170. The van der Waals surface area contributed by atoms with Crippen molar-refractivity contribution < 1.29 is 9.47 Å². The van der Waals surface area contributed by atoms with E-state index in [0.717, 1.165) is 17.1 Å². The number of rotatable bonds is 1. The third kappa shape index (κ3) is 1.47. The zero-order valence-electron chi connectivity index (χ0n) is 7.62. The molecule has 0 saturated heterocycles. The van der Waals surface area contributed by atoms with E-state index in [4.69, 9.17) is 15.2 Å². The van der Waals surface area contributed by atoms with Crippen molar-refractivity contribution in [2.75, 3.05) is 13.2 Å². The van der Waals surface area contributed by atoms with Crippen LogP contribution in [0.3, 0.4) is 0 Å². The van der Waals surface area contributed by atoms with E-state index in [1.807, 2.05) is 25.1 Å². The first-order chi connectivity index (χ1) is 6.29. The van der Waals surface area contributed by atoms with Gasteiger partial charge in [-0.15, -0.1) is 0 Å². The van der Waals surface area contributed by atoms with E-state index in [1.165, 1.54) is 0 Å². The molecule has 1 aliphatic rings. The second-order valence-electron chi connectivity index (χ2n) is 3.16. The van der Waals surface area contributed by atoms with Gasteiger partial charge < -0.3 is 15.2 Å². The Morgan fingerprint density at radius 3 is 2.85 bits per heavy atom. The Morgan fingerprint density at radius 1 is 1.31 bits per heavy atom. The lowest BCUT2D eigenvalue weighted by Gasteiger charge is -2.22. The Bertz CT molecular complexity index is 310. The van der Waals surface area contributed by atoms with Crippen molar-refractivity contribution in [2.45, 2.75) is 13.0 Å². The molecule has 1 atom stereocenters. The van der Waals surface area contributed by atoms with Crippen molar-refractivity contribution in [1.29, 1.82) is 0 Å². The Hall–Kier alpha value is -1.22. The van der Waals surface area contributed by atoms with E-state index < -0.39 is 0 Å². The zero-order chi connectivity index (χ0) is 9.26. The van der Waals surface area contributed by atoms with Gasteiger partial charge in [-0.05, 0) is 13.0 Å². The summed E-state index contributed by atoms with van der Waals surface area (Å²) in [6.45, 7) is 3.17. The van der Waals surface area contributed by atoms with Crippen LogP contribution in [0.2, 0.25) is 0 Å². The molecule has 13 heavy (non-hydrogen) atoms. The fourth-order valence-corrected chi connectivity index (χ4v) is 1.45. The maximum atomic E-state index is 5.80. The first-order valence-electron chi connectivity index (χ1n) is 4.43. The van der Waals surface area contributed by atoms with Crippen LogP contribution in [0.4, 0.5) is 0 Å². The van der Waals surface area contributed by atoms with E-state index in [-0.39, 0.29) is 6.04 Å². The predicted molar refractivity (Wildman–Crippen MR) is 50.0 cm³/mol. The number of nitrogens with two attached hydrogens (primary N) is 1. The van der Waals surface area contributed by atoms with Crippen LogP contribution < -0.4 is 15.2 Å². The Balaban J connectivity index is 2.46. The molecule has 0 radical (unpaired) electrons. The van der Waals surface area contributed by atoms with Gasteiger partial charge in [0, 0.05) is 11.6 Å². The van der Waals surface area contributed by atoms with Gasteiger partial charge in [-0.3, -0.25) is 0 Å². The fourth-order valence-electron chi connectivity index (χ4n) is 1.45. The standard InChI is InChI=1S/C10H13NO2/c1-7(11)8-3-2-4-9-10(8)13-6-5-12-9/h2-4,7H,5-6,11H2,1H3/t7-/m1/s1. The molecule has 0 spiro atoms. The topological polar surface area (TPSA) is 44.5 Å². The highest BCUT2D eigenvalue weighted by molar-refractivity contribution is 5.48. The van der Waals surface area contributed by atoms with Crippen LogP contribution in [0, 0.1) is 0 Å². The summed E-state index contributed by atoms with van der Waals surface area (Å²) in [5.41, 5.74) is 6.81. The average Bonchev–Trinajstić information content (AvgIpc) is 2.17. The van der Waals surface area contributed by atoms with Crippen LogP contribution in [0.5, 0.6) is 11.5 Å². The third-order valence-electron chi connectivity index (χ3n) is 2.09. The van der Waals surface area contributed by atoms with Crippen molar-refractivity contribution in [1.82, 2.24) is 0 Å². The van der Waals surface area contributed by atoms with E-state index in [0.29, 0.717) is 13.2 Å². The van der Waals surface area contributed by atoms with Gasteiger partial charge in [0.25, 0.3) is 0 Å². The maximum absolute atomic E-state index is 5.80. The first kappa shape index (κ1) is 8.38. The summed E-state index contributed by atoms with van der Waals surface area (Å²) in [6, 6.07) is 5.79. The number of ether oxygens (including phenoxy) is 2. The van der Waals surface area contributed by atoms with Gasteiger partial charge in [-0.2, -0.15) is 0 Å². The fraction of sp³-hybridized carbons (Fsp3) is 0.400. The average molecular weight is 179 g/mol. The SMILES string of the molecule is C[C@@H](N)c1cccc2c1OCCO2. The Labute approximate surface area is 77.5 Å². The highest BCUT2D eigenvalue weighted by Crippen LogP contribution is 2.35. The number of benzene rings is 1. The lowest BCUT2D eigenvalue weighted by molar-refractivity contribution is 0.169. The lowest BCUT2D eigenvalue weighted by Crippen LogP contribution is -2.18. The molecular formula is C10H13NO2. The van der Waals surface area contributed by atoms with Gasteiger partial charge in [0.2, 0.25) is 0 Å². The monoisotopic (exact) mass is 179 g/mol. The van der Waals surface area contributed by atoms with Crippen molar-refractivity contribution in [3.63, 3.8) is 0 Å². The van der Waals surface area contributed by atoms with Gasteiger partial charge in [-0.1, -0.05) is 12.1 Å². The Kier molecular flexibility index (Phi) is 2.10. The summed E-state index contributed by atoms with van der Waals surface area (Å²) in [4.78, 5) is 0.